The average molecular weight is 394 g/mol. The third kappa shape index (κ3) is 3.83. The van der Waals surface area contributed by atoms with Crippen molar-refractivity contribution in [1.29, 1.82) is 0 Å². The second-order valence-electron chi connectivity index (χ2n) is 7.34. The second kappa shape index (κ2) is 8.19. The summed E-state index contributed by atoms with van der Waals surface area (Å²) in [6.07, 6.45) is 5.00. The summed E-state index contributed by atoms with van der Waals surface area (Å²) in [6.45, 7) is 3.71. The number of piperidine rings is 1. The maximum atomic E-state index is 13.3. The van der Waals surface area contributed by atoms with Gasteiger partial charge in [-0.15, -0.1) is 0 Å². The molecule has 4 nitrogen and oxygen atoms in total. The Labute approximate surface area is 170 Å². The van der Waals surface area contributed by atoms with Crippen LogP contribution in [-0.4, -0.2) is 28.9 Å². The van der Waals surface area contributed by atoms with Crippen molar-refractivity contribution in [2.24, 2.45) is 0 Å². The molecule has 0 saturated carbocycles. The molecule has 1 fully saturated rings. The normalized spacial score (nSPS) is 15.4. The molecule has 0 spiro atoms. The van der Waals surface area contributed by atoms with E-state index in [4.69, 9.17) is 11.6 Å². The van der Waals surface area contributed by atoms with E-state index in [1.165, 1.54) is 6.42 Å². The fraction of sp³-hybridized carbons (Fsp3) is 0.304. The maximum absolute atomic E-state index is 13.3. The number of carbonyl (C=O) groups is 1. The standard InChI is InChI=1S/C23H24ClN3O/c1-16(17-8-4-2-5-9-17)26-22-19-14-18(24)10-11-21(19)25-15-20(22)23(28)27-12-6-3-7-13-27/h2,4-5,8-11,14-16H,3,6-7,12-13H2,1H3,(H,25,26)/t16-/m0/s1. The third-order valence-corrected chi connectivity index (χ3v) is 5.60. The molecule has 2 heterocycles. The number of nitrogens with zero attached hydrogens (tertiary/aromatic N) is 2. The van der Waals surface area contributed by atoms with Crippen LogP contribution in [0.1, 0.15) is 48.1 Å². The van der Waals surface area contributed by atoms with E-state index in [1.54, 1.807) is 6.20 Å². The number of fused-ring (bicyclic) bond motifs is 1. The number of anilines is 1. The van der Waals surface area contributed by atoms with Crippen LogP contribution in [0.4, 0.5) is 5.69 Å². The van der Waals surface area contributed by atoms with Gasteiger partial charge in [-0.05, 0) is 49.9 Å². The molecule has 0 aliphatic carbocycles. The van der Waals surface area contributed by atoms with E-state index in [0.29, 0.717) is 10.6 Å². The van der Waals surface area contributed by atoms with Crippen molar-refractivity contribution in [3.8, 4) is 0 Å². The lowest BCUT2D eigenvalue weighted by molar-refractivity contribution is 0.0725. The summed E-state index contributed by atoms with van der Waals surface area (Å²) in [4.78, 5) is 19.8. The fourth-order valence-electron chi connectivity index (χ4n) is 3.79. The smallest absolute Gasteiger partial charge is 0.257 e. The van der Waals surface area contributed by atoms with E-state index in [1.807, 2.05) is 41.3 Å². The van der Waals surface area contributed by atoms with E-state index in [-0.39, 0.29) is 11.9 Å². The molecule has 4 rings (SSSR count). The summed E-state index contributed by atoms with van der Waals surface area (Å²) in [6, 6.07) is 15.9. The van der Waals surface area contributed by atoms with E-state index in [2.05, 4.69) is 29.4 Å². The molecule has 1 saturated heterocycles. The van der Waals surface area contributed by atoms with E-state index < -0.39 is 0 Å². The highest BCUT2D eigenvalue weighted by Crippen LogP contribution is 2.32. The van der Waals surface area contributed by atoms with Crippen LogP contribution in [0.2, 0.25) is 5.02 Å². The Morgan fingerprint density at radius 3 is 2.61 bits per heavy atom. The van der Waals surface area contributed by atoms with E-state index >= 15 is 0 Å². The van der Waals surface area contributed by atoms with Gasteiger partial charge in [0.05, 0.1) is 16.8 Å². The summed E-state index contributed by atoms with van der Waals surface area (Å²) in [5.74, 6) is 0.0387. The van der Waals surface area contributed by atoms with Gasteiger partial charge in [0.1, 0.15) is 0 Å². The lowest BCUT2D eigenvalue weighted by atomic mass is 10.0. The quantitative estimate of drug-likeness (QED) is 0.619. The predicted octanol–water partition coefficient (Wildman–Crippen LogP) is 5.69. The van der Waals surface area contributed by atoms with Crippen molar-refractivity contribution in [3.05, 3.63) is 70.9 Å². The summed E-state index contributed by atoms with van der Waals surface area (Å²) >= 11 is 6.27. The monoisotopic (exact) mass is 393 g/mol. The van der Waals surface area contributed by atoms with Gasteiger partial charge in [0.15, 0.2) is 0 Å². The fourth-order valence-corrected chi connectivity index (χ4v) is 3.96. The van der Waals surface area contributed by atoms with Gasteiger partial charge in [0.25, 0.3) is 5.91 Å². The van der Waals surface area contributed by atoms with E-state index in [9.17, 15) is 4.79 Å². The Morgan fingerprint density at radius 2 is 1.86 bits per heavy atom. The topological polar surface area (TPSA) is 45.2 Å². The van der Waals surface area contributed by atoms with Gasteiger partial charge < -0.3 is 10.2 Å². The molecule has 1 atom stereocenters. The number of nitrogens with one attached hydrogen (secondary N) is 1. The number of likely N-dealkylation sites (tertiary alicyclic amines) is 1. The van der Waals surface area contributed by atoms with Gasteiger partial charge >= 0.3 is 0 Å². The Bertz CT molecular complexity index is 984. The summed E-state index contributed by atoms with van der Waals surface area (Å²) in [5, 5.41) is 5.08. The largest absolute Gasteiger partial charge is 0.377 e. The molecule has 0 unspecified atom stereocenters. The Hall–Kier alpha value is -2.59. The Morgan fingerprint density at radius 1 is 1.11 bits per heavy atom. The van der Waals surface area contributed by atoms with Crippen LogP contribution in [0.3, 0.4) is 0 Å². The van der Waals surface area contributed by atoms with Crippen molar-refractivity contribution < 1.29 is 4.79 Å². The highest BCUT2D eigenvalue weighted by molar-refractivity contribution is 6.31. The highest BCUT2D eigenvalue weighted by Gasteiger charge is 2.23. The molecule has 0 bridgehead atoms. The molecule has 1 aliphatic rings. The zero-order valence-corrected chi connectivity index (χ0v) is 16.7. The minimum atomic E-state index is 0.0387. The average Bonchev–Trinajstić information content (AvgIpc) is 2.75. The number of aromatic nitrogens is 1. The molecule has 0 radical (unpaired) electrons. The molecular weight excluding hydrogens is 370 g/mol. The first-order valence-electron chi connectivity index (χ1n) is 9.82. The summed E-state index contributed by atoms with van der Waals surface area (Å²) in [7, 11) is 0. The number of carbonyl (C=O) groups excluding carboxylic acids is 1. The number of hydrogen-bond acceptors (Lipinski definition) is 3. The Kier molecular flexibility index (Phi) is 5.49. The predicted molar refractivity (Wildman–Crippen MR) is 115 cm³/mol. The number of benzene rings is 2. The lowest BCUT2D eigenvalue weighted by Crippen LogP contribution is -2.36. The zero-order chi connectivity index (χ0) is 19.5. The van der Waals surface area contributed by atoms with Crippen LogP contribution in [0, 0.1) is 0 Å². The maximum Gasteiger partial charge on any atom is 0.257 e. The third-order valence-electron chi connectivity index (χ3n) is 5.36. The molecule has 28 heavy (non-hydrogen) atoms. The van der Waals surface area contributed by atoms with Crippen molar-refractivity contribution in [2.45, 2.75) is 32.2 Å². The molecule has 5 heteroatoms. The molecule has 1 amide bonds. The summed E-state index contributed by atoms with van der Waals surface area (Å²) in [5.41, 5.74) is 3.40. The SMILES string of the molecule is C[C@H](Nc1c(C(=O)N2CCCCC2)cnc2ccc(Cl)cc12)c1ccccc1. The molecule has 1 aromatic heterocycles. The van der Waals surface area contributed by atoms with Crippen molar-refractivity contribution >= 4 is 34.1 Å². The van der Waals surface area contributed by atoms with Crippen LogP contribution in [0.15, 0.2) is 54.7 Å². The number of amides is 1. The van der Waals surface area contributed by atoms with Gasteiger partial charge in [0, 0.05) is 35.7 Å². The van der Waals surface area contributed by atoms with Gasteiger partial charge in [0.2, 0.25) is 0 Å². The Balaban J connectivity index is 1.78. The first-order valence-corrected chi connectivity index (χ1v) is 10.2. The van der Waals surface area contributed by atoms with Crippen molar-refractivity contribution in [3.63, 3.8) is 0 Å². The van der Waals surface area contributed by atoms with Crippen LogP contribution in [-0.2, 0) is 0 Å². The molecule has 3 aromatic rings. The first-order chi connectivity index (χ1) is 13.6. The second-order valence-corrected chi connectivity index (χ2v) is 7.77. The van der Waals surface area contributed by atoms with Crippen LogP contribution in [0.25, 0.3) is 10.9 Å². The minimum absolute atomic E-state index is 0.0387. The number of halogens is 1. The number of rotatable bonds is 4. The molecular formula is C23H24ClN3O. The molecule has 1 aliphatic heterocycles. The van der Waals surface area contributed by atoms with Gasteiger partial charge in [-0.25, -0.2) is 0 Å². The molecule has 2 aromatic carbocycles. The van der Waals surface area contributed by atoms with Crippen molar-refractivity contribution in [2.75, 3.05) is 18.4 Å². The van der Waals surface area contributed by atoms with Crippen LogP contribution in [0.5, 0.6) is 0 Å². The van der Waals surface area contributed by atoms with Gasteiger partial charge in [-0.3, -0.25) is 9.78 Å². The molecule has 144 valence electrons. The minimum Gasteiger partial charge on any atom is -0.377 e. The lowest BCUT2D eigenvalue weighted by Gasteiger charge is -2.28. The van der Waals surface area contributed by atoms with Gasteiger partial charge in [-0.2, -0.15) is 0 Å². The van der Waals surface area contributed by atoms with Crippen LogP contribution >= 0.6 is 11.6 Å². The summed E-state index contributed by atoms with van der Waals surface area (Å²) < 4.78 is 0. The zero-order valence-electron chi connectivity index (χ0n) is 16.0. The van der Waals surface area contributed by atoms with E-state index in [0.717, 1.165) is 48.1 Å². The van der Waals surface area contributed by atoms with Crippen LogP contribution < -0.4 is 5.32 Å². The number of hydrogen-bond donors (Lipinski definition) is 1. The highest BCUT2D eigenvalue weighted by atomic mass is 35.5. The number of pyridine rings is 1. The van der Waals surface area contributed by atoms with Gasteiger partial charge in [-0.1, -0.05) is 41.9 Å². The van der Waals surface area contributed by atoms with Crippen molar-refractivity contribution in [1.82, 2.24) is 9.88 Å². The first kappa shape index (κ1) is 18.8. The molecule has 1 N–H and O–H groups in total.